The SMILES string of the molecule is C=CC(=O)OC(C)COc1ccc(OCCCCCC)c2ccccc12. The van der Waals surface area contributed by atoms with Crippen molar-refractivity contribution in [3.63, 3.8) is 0 Å². The zero-order valence-corrected chi connectivity index (χ0v) is 15.7. The summed E-state index contributed by atoms with van der Waals surface area (Å²) in [7, 11) is 0. The molecular weight excluding hydrogens is 328 g/mol. The van der Waals surface area contributed by atoms with Crippen LogP contribution < -0.4 is 9.47 Å². The predicted molar refractivity (Wildman–Crippen MR) is 105 cm³/mol. The highest BCUT2D eigenvalue weighted by molar-refractivity contribution is 5.93. The Bertz CT molecular complexity index is 723. The van der Waals surface area contributed by atoms with E-state index in [1.54, 1.807) is 6.92 Å². The van der Waals surface area contributed by atoms with Crippen molar-refractivity contribution >= 4 is 16.7 Å². The van der Waals surface area contributed by atoms with Gasteiger partial charge in [-0.1, -0.05) is 57.0 Å². The normalized spacial score (nSPS) is 11.8. The molecule has 0 N–H and O–H groups in total. The fourth-order valence-corrected chi connectivity index (χ4v) is 2.69. The van der Waals surface area contributed by atoms with Gasteiger partial charge in [-0.2, -0.15) is 0 Å². The lowest BCUT2D eigenvalue weighted by atomic mass is 10.1. The lowest BCUT2D eigenvalue weighted by Crippen LogP contribution is -2.20. The Labute approximate surface area is 155 Å². The molecule has 0 spiro atoms. The average molecular weight is 356 g/mol. The van der Waals surface area contributed by atoms with Gasteiger partial charge in [0, 0.05) is 16.8 Å². The van der Waals surface area contributed by atoms with E-state index in [2.05, 4.69) is 13.5 Å². The predicted octanol–water partition coefficient (Wildman–Crippen LogP) is 5.30. The highest BCUT2D eigenvalue weighted by Gasteiger charge is 2.11. The molecule has 0 aliphatic heterocycles. The minimum Gasteiger partial charge on any atom is -0.493 e. The van der Waals surface area contributed by atoms with Crippen molar-refractivity contribution in [1.82, 2.24) is 0 Å². The summed E-state index contributed by atoms with van der Waals surface area (Å²) in [6.07, 6.45) is 5.51. The molecule has 1 atom stereocenters. The Morgan fingerprint density at radius 2 is 1.69 bits per heavy atom. The Kier molecular flexibility index (Phi) is 8.00. The van der Waals surface area contributed by atoms with Crippen LogP contribution in [0.4, 0.5) is 0 Å². The first-order chi connectivity index (χ1) is 12.7. The van der Waals surface area contributed by atoms with Gasteiger partial charge in [0.1, 0.15) is 24.2 Å². The van der Waals surface area contributed by atoms with Gasteiger partial charge < -0.3 is 14.2 Å². The average Bonchev–Trinajstić information content (AvgIpc) is 2.66. The van der Waals surface area contributed by atoms with Gasteiger partial charge in [-0.05, 0) is 25.5 Å². The van der Waals surface area contributed by atoms with E-state index in [1.165, 1.54) is 19.3 Å². The van der Waals surface area contributed by atoms with Crippen LogP contribution in [-0.4, -0.2) is 25.3 Å². The summed E-state index contributed by atoms with van der Waals surface area (Å²) < 4.78 is 17.0. The Balaban J connectivity index is 2.04. The minimum atomic E-state index is -0.447. The van der Waals surface area contributed by atoms with Crippen LogP contribution in [0.2, 0.25) is 0 Å². The van der Waals surface area contributed by atoms with Crippen LogP contribution in [0.25, 0.3) is 10.8 Å². The maximum atomic E-state index is 11.2. The first-order valence-electron chi connectivity index (χ1n) is 9.26. The van der Waals surface area contributed by atoms with Crippen molar-refractivity contribution < 1.29 is 19.0 Å². The molecule has 2 rings (SSSR count). The van der Waals surface area contributed by atoms with Crippen molar-refractivity contribution in [2.75, 3.05) is 13.2 Å². The Morgan fingerprint density at radius 3 is 2.31 bits per heavy atom. The number of carbonyl (C=O) groups is 1. The summed E-state index contributed by atoms with van der Waals surface area (Å²) in [6, 6.07) is 11.9. The number of esters is 1. The van der Waals surface area contributed by atoms with E-state index in [1.807, 2.05) is 36.4 Å². The van der Waals surface area contributed by atoms with Crippen molar-refractivity contribution in [1.29, 1.82) is 0 Å². The van der Waals surface area contributed by atoms with E-state index >= 15 is 0 Å². The van der Waals surface area contributed by atoms with Crippen molar-refractivity contribution in [2.45, 2.75) is 45.6 Å². The first kappa shape index (κ1) is 19.8. The Morgan fingerprint density at radius 1 is 1.04 bits per heavy atom. The number of hydrogen-bond acceptors (Lipinski definition) is 4. The number of benzene rings is 2. The number of fused-ring (bicyclic) bond motifs is 1. The van der Waals surface area contributed by atoms with Gasteiger partial charge in [-0.15, -0.1) is 0 Å². The van der Waals surface area contributed by atoms with Gasteiger partial charge in [0.2, 0.25) is 0 Å². The monoisotopic (exact) mass is 356 g/mol. The van der Waals surface area contributed by atoms with Gasteiger partial charge >= 0.3 is 5.97 Å². The molecule has 4 heteroatoms. The van der Waals surface area contributed by atoms with Gasteiger partial charge in [0.15, 0.2) is 0 Å². The van der Waals surface area contributed by atoms with Crippen LogP contribution in [0.15, 0.2) is 49.1 Å². The highest BCUT2D eigenvalue weighted by Crippen LogP contribution is 2.33. The van der Waals surface area contributed by atoms with Crippen molar-refractivity contribution in [3.05, 3.63) is 49.1 Å². The third-order valence-electron chi connectivity index (χ3n) is 4.06. The molecule has 0 heterocycles. The molecule has 0 fully saturated rings. The van der Waals surface area contributed by atoms with E-state index in [0.717, 1.165) is 41.4 Å². The molecule has 0 bridgehead atoms. The molecule has 0 aliphatic rings. The zero-order valence-electron chi connectivity index (χ0n) is 15.7. The summed E-state index contributed by atoms with van der Waals surface area (Å²) in [5, 5.41) is 2.01. The second-order valence-corrected chi connectivity index (χ2v) is 6.28. The van der Waals surface area contributed by atoms with Crippen molar-refractivity contribution in [3.8, 4) is 11.5 Å². The molecular formula is C22H28O4. The topological polar surface area (TPSA) is 44.8 Å². The maximum Gasteiger partial charge on any atom is 0.330 e. The van der Waals surface area contributed by atoms with Gasteiger partial charge in [0.25, 0.3) is 0 Å². The highest BCUT2D eigenvalue weighted by atomic mass is 16.6. The number of rotatable bonds is 11. The number of hydrogen-bond donors (Lipinski definition) is 0. The van der Waals surface area contributed by atoms with E-state index in [0.29, 0.717) is 0 Å². The van der Waals surface area contributed by atoms with Crippen LogP contribution in [0.5, 0.6) is 11.5 Å². The summed E-state index contributed by atoms with van der Waals surface area (Å²) in [5.41, 5.74) is 0. The third kappa shape index (κ3) is 5.80. The molecule has 26 heavy (non-hydrogen) atoms. The molecule has 0 saturated heterocycles. The number of ether oxygens (including phenoxy) is 3. The van der Waals surface area contributed by atoms with Gasteiger partial charge in [-0.25, -0.2) is 4.79 Å². The van der Waals surface area contributed by atoms with E-state index in [9.17, 15) is 4.79 Å². The quantitative estimate of drug-likeness (QED) is 0.311. The summed E-state index contributed by atoms with van der Waals surface area (Å²) >= 11 is 0. The molecule has 0 aliphatic carbocycles. The van der Waals surface area contributed by atoms with E-state index in [4.69, 9.17) is 14.2 Å². The van der Waals surface area contributed by atoms with Gasteiger partial charge in [-0.3, -0.25) is 0 Å². The number of carbonyl (C=O) groups excluding carboxylic acids is 1. The second-order valence-electron chi connectivity index (χ2n) is 6.28. The molecule has 0 aromatic heterocycles. The maximum absolute atomic E-state index is 11.2. The molecule has 0 amide bonds. The van der Waals surface area contributed by atoms with Gasteiger partial charge in [0.05, 0.1) is 6.61 Å². The molecule has 0 radical (unpaired) electrons. The molecule has 2 aromatic carbocycles. The summed E-state index contributed by atoms with van der Waals surface area (Å²) in [5.74, 6) is 1.17. The molecule has 1 unspecified atom stereocenters. The molecule has 140 valence electrons. The molecule has 2 aromatic rings. The largest absolute Gasteiger partial charge is 0.493 e. The lowest BCUT2D eigenvalue weighted by Gasteiger charge is -2.16. The smallest absolute Gasteiger partial charge is 0.330 e. The van der Waals surface area contributed by atoms with E-state index in [-0.39, 0.29) is 12.7 Å². The van der Waals surface area contributed by atoms with Crippen molar-refractivity contribution in [2.24, 2.45) is 0 Å². The first-order valence-corrected chi connectivity index (χ1v) is 9.26. The van der Waals surface area contributed by atoms with E-state index < -0.39 is 5.97 Å². The van der Waals surface area contributed by atoms with Crippen LogP contribution in [-0.2, 0) is 9.53 Å². The third-order valence-corrected chi connectivity index (χ3v) is 4.06. The lowest BCUT2D eigenvalue weighted by molar-refractivity contribution is -0.143. The van der Waals surface area contributed by atoms with Crippen LogP contribution in [0, 0.1) is 0 Å². The summed E-state index contributed by atoms with van der Waals surface area (Å²) in [6.45, 7) is 8.38. The minimum absolute atomic E-state index is 0.279. The zero-order chi connectivity index (χ0) is 18.8. The van der Waals surface area contributed by atoms with Crippen LogP contribution in [0.3, 0.4) is 0 Å². The fraction of sp³-hybridized carbons (Fsp3) is 0.409. The number of unbranched alkanes of at least 4 members (excludes halogenated alkanes) is 3. The fourth-order valence-electron chi connectivity index (χ4n) is 2.69. The van der Waals surface area contributed by atoms with Crippen LogP contribution in [0.1, 0.15) is 39.5 Å². The molecule has 4 nitrogen and oxygen atoms in total. The standard InChI is InChI=1S/C22H28O4/c1-4-6-7-10-15-24-20-13-14-21(19-12-9-8-11-18(19)20)25-16-17(3)26-22(23)5-2/h5,8-9,11-14,17H,2,4,6-7,10,15-16H2,1,3H3. The second kappa shape index (κ2) is 10.5. The Hall–Kier alpha value is -2.49. The van der Waals surface area contributed by atoms with Crippen LogP contribution >= 0.6 is 0 Å². The summed E-state index contributed by atoms with van der Waals surface area (Å²) in [4.78, 5) is 11.2. The molecule has 0 saturated carbocycles.